The van der Waals surface area contributed by atoms with Crippen LogP contribution in [0.4, 0.5) is 0 Å². The lowest BCUT2D eigenvalue weighted by molar-refractivity contribution is 0.565. The second-order valence-electron chi connectivity index (χ2n) is 5.39. The number of thioether (sulfide) groups is 1. The number of rotatable bonds is 8. The van der Waals surface area contributed by atoms with Crippen LogP contribution in [-0.4, -0.2) is 16.5 Å². The second-order valence-corrected chi connectivity index (χ2v) is 7.23. The fraction of sp³-hybridized carbons (Fsp3) is 1.00. The molecule has 1 nitrogen and oxygen atoms in total. The fourth-order valence-electron chi connectivity index (χ4n) is 1.45. The Morgan fingerprint density at radius 3 is 2.20 bits per heavy atom. The Morgan fingerprint density at radius 2 is 1.67 bits per heavy atom. The van der Waals surface area contributed by atoms with Crippen molar-refractivity contribution in [2.75, 3.05) is 5.75 Å². The van der Waals surface area contributed by atoms with Gasteiger partial charge in [-0.15, -0.1) is 0 Å². The van der Waals surface area contributed by atoms with Crippen LogP contribution in [-0.2, 0) is 0 Å². The second kappa shape index (κ2) is 8.46. The van der Waals surface area contributed by atoms with Gasteiger partial charge in [-0.25, -0.2) is 0 Å². The van der Waals surface area contributed by atoms with Crippen LogP contribution in [0.2, 0.25) is 0 Å². The van der Waals surface area contributed by atoms with Gasteiger partial charge in [0, 0.05) is 16.5 Å². The molecule has 0 aromatic carbocycles. The molecule has 0 saturated heterocycles. The average Bonchev–Trinajstić information content (AvgIpc) is 2.13. The fourth-order valence-corrected chi connectivity index (χ4v) is 2.33. The van der Waals surface area contributed by atoms with Crippen molar-refractivity contribution in [3.8, 4) is 0 Å². The van der Waals surface area contributed by atoms with Gasteiger partial charge in [0.2, 0.25) is 0 Å². The summed E-state index contributed by atoms with van der Waals surface area (Å²) in [5.74, 6) is 1.11. The minimum atomic E-state index is 0.361. The molecule has 0 fully saturated rings. The quantitative estimate of drug-likeness (QED) is 0.633. The normalized spacial score (nSPS) is 14.2. The Bertz CT molecular complexity index is 140. The molecule has 0 aliphatic heterocycles. The van der Waals surface area contributed by atoms with Gasteiger partial charge in [0.1, 0.15) is 0 Å². The molecule has 0 rings (SSSR count). The van der Waals surface area contributed by atoms with Crippen molar-refractivity contribution in [2.24, 2.45) is 5.73 Å². The first kappa shape index (κ1) is 15.3. The smallest absolute Gasteiger partial charge is 0.0130 e. The van der Waals surface area contributed by atoms with E-state index < -0.39 is 0 Å². The first-order valence-corrected chi connectivity index (χ1v) is 7.34. The maximum absolute atomic E-state index is 6.07. The summed E-state index contributed by atoms with van der Waals surface area (Å²) in [6.07, 6.45) is 7.97. The summed E-state index contributed by atoms with van der Waals surface area (Å²) in [6, 6.07) is 0.399. The molecule has 92 valence electrons. The van der Waals surface area contributed by atoms with E-state index >= 15 is 0 Å². The van der Waals surface area contributed by atoms with Crippen molar-refractivity contribution >= 4 is 11.8 Å². The molecule has 0 amide bonds. The van der Waals surface area contributed by atoms with Crippen LogP contribution < -0.4 is 5.73 Å². The van der Waals surface area contributed by atoms with Crippen molar-refractivity contribution in [1.82, 2.24) is 0 Å². The van der Waals surface area contributed by atoms with E-state index in [1.807, 2.05) is 11.8 Å². The Labute approximate surface area is 101 Å². The van der Waals surface area contributed by atoms with Crippen LogP contribution in [0.5, 0.6) is 0 Å². The van der Waals surface area contributed by atoms with Crippen LogP contribution >= 0.6 is 11.8 Å². The molecule has 0 spiro atoms. The molecule has 0 radical (unpaired) electrons. The molecule has 0 heterocycles. The monoisotopic (exact) mass is 231 g/mol. The summed E-state index contributed by atoms with van der Waals surface area (Å²) in [4.78, 5) is 0. The topological polar surface area (TPSA) is 26.0 Å². The maximum atomic E-state index is 6.07. The molecular weight excluding hydrogens is 202 g/mol. The van der Waals surface area contributed by atoms with Gasteiger partial charge in [-0.1, -0.05) is 59.8 Å². The van der Waals surface area contributed by atoms with Crippen molar-refractivity contribution < 1.29 is 0 Å². The van der Waals surface area contributed by atoms with Crippen molar-refractivity contribution in [1.29, 1.82) is 0 Å². The third kappa shape index (κ3) is 12.2. The van der Waals surface area contributed by atoms with Gasteiger partial charge in [-0.05, 0) is 6.42 Å². The molecule has 1 unspecified atom stereocenters. The lowest BCUT2D eigenvalue weighted by Crippen LogP contribution is -2.25. The summed E-state index contributed by atoms with van der Waals surface area (Å²) < 4.78 is 0.361. The summed E-state index contributed by atoms with van der Waals surface area (Å²) in [5, 5.41) is 0. The van der Waals surface area contributed by atoms with Gasteiger partial charge < -0.3 is 5.73 Å². The van der Waals surface area contributed by atoms with Crippen LogP contribution in [0.3, 0.4) is 0 Å². The molecule has 0 aromatic heterocycles. The Balaban J connectivity index is 3.30. The van der Waals surface area contributed by atoms with E-state index in [0.717, 1.165) is 5.75 Å². The van der Waals surface area contributed by atoms with Gasteiger partial charge in [0.05, 0.1) is 0 Å². The van der Waals surface area contributed by atoms with E-state index in [1.54, 1.807) is 0 Å². The molecule has 2 N–H and O–H groups in total. The molecule has 0 aromatic rings. The molecule has 0 bridgehead atoms. The van der Waals surface area contributed by atoms with E-state index in [-0.39, 0.29) is 0 Å². The minimum Gasteiger partial charge on any atom is -0.327 e. The SMILES string of the molecule is CCCCCCCC(N)CSC(C)(C)C. The highest BCUT2D eigenvalue weighted by molar-refractivity contribution is 8.00. The first-order chi connectivity index (χ1) is 6.95. The van der Waals surface area contributed by atoms with Crippen molar-refractivity contribution in [3.63, 3.8) is 0 Å². The summed E-state index contributed by atoms with van der Waals surface area (Å²) >= 11 is 1.98. The van der Waals surface area contributed by atoms with Crippen LogP contribution in [0.15, 0.2) is 0 Å². The van der Waals surface area contributed by atoms with E-state index in [0.29, 0.717) is 10.8 Å². The molecule has 0 aliphatic carbocycles. The summed E-state index contributed by atoms with van der Waals surface area (Å²) in [7, 11) is 0. The van der Waals surface area contributed by atoms with Crippen molar-refractivity contribution in [2.45, 2.75) is 77.0 Å². The standard InChI is InChI=1S/C13H29NS/c1-5-6-7-8-9-10-12(14)11-15-13(2,3)4/h12H,5-11,14H2,1-4H3. The van der Waals surface area contributed by atoms with E-state index in [1.165, 1.54) is 38.5 Å². The first-order valence-electron chi connectivity index (χ1n) is 6.35. The third-order valence-electron chi connectivity index (χ3n) is 2.41. The number of hydrogen-bond donors (Lipinski definition) is 1. The maximum Gasteiger partial charge on any atom is 0.0130 e. The molecule has 15 heavy (non-hydrogen) atoms. The lowest BCUT2D eigenvalue weighted by atomic mass is 10.1. The lowest BCUT2D eigenvalue weighted by Gasteiger charge is -2.20. The van der Waals surface area contributed by atoms with Gasteiger partial charge in [0.25, 0.3) is 0 Å². The minimum absolute atomic E-state index is 0.361. The highest BCUT2D eigenvalue weighted by atomic mass is 32.2. The highest BCUT2D eigenvalue weighted by Crippen LogP contribution is 2.24. The molecule has 0 aliphatic rings. The van der Waals surface area contributed by atoms with Gasteiger partial charge in [0.15, 0.2) is 0 Å². The molecule has 0 saturated carbocycles. The van der Waals surface area contributed by atoms with Gasteiger partial charge in [-0.3, -0.25) is 0 Å². The van der Waals surface area contributed by atoms with Crippen molar-refractivity contribution in [3.05, 3.63) is 0 Å². The zero-order chi connectivity index (χ0) is 11.7. The number of hydrogen-bond acceptors (Lipinski definition) is 2. The third-order valence-corrected chi connectivity index (χ3v) is 3.87. The summed E-state index contributed by atoms with van der Waals surface area (Å²) in [5.41, 5.74) is 6.07. The van der Waals surface area contributed by atoms with Crippen LogP contribution in [0, 0.1) is 0 Å². The molecule has 2 heteroatoms. The largest absolute Gasteiger partial charge is 0.327 e. The Kier molecular flexibility index (Phi) is 8.64. The summed E-state index contributed by atoms with van der Waals surface area (Å²) in [6.45, 7) is 9.02. The van der Waals surface area contributed by atoms with Crippen LogP contribution in [0.1, 0.15) is 66.2 Å². The van der Waals surface area contributed by atoms with Gasteiger partial charge >= 0.3 is 0 Å². The Morgan fingerprint density at radius 1 is 1.07 bits per heavy atom. The molecule has 1 atom stereocenters. The highest BCUT2D eigenvalue weighted by Gasteiger charge is 2.12. The molecular formula is C13H29NS. The van der Waals surface area contributed by atoms with E-state index in [2.05, 4.69) is 27.7 Å². The zero-order valence-electron chi connectivity index (χ0n) is 11.0. The zero-order valence-corrected chi connectivity index (χ0v) is 11.8. The van der Waals surface area contributed by atoms with Crippen LogP contribution in [0.25, 0.3) is 0 Å². The Hall–Kier alpha value is 0.310. The predicted molar refractivity (Wildman–Crippen MR) is 73.6 cm³/mol. The predicted octanol–water partition coefficient (Wildman–Crippen LogP) is 4.21. The van der Waals surface area contributed by atoms with E-state index in [9.17, 15) is 0 Å². The van der Waals surface area contributed by atoms with Gasteiger partial charge in [-0.2, -0.15) is 11.8 Å². The number of unbranched alkanes of at least 4 members (excludes halogenated alkanes) is 4. The number of nitrogens with two attached hydrogens (primary N) is 1. The van der Waals surface area contributed by atoms with E-state index in [4.69, 9.17) is 5.73 Å². The average molecular weight is 231 g/mol.